The van der Waals surface area contributed by atoms with Crippen LogP contribution in [0.15, 0.2) is 42.7 Å². The Hall–Kier alpha value is -2.36. The van der Waals surface area contributed by atoms with E-state index in [1.54, 1.807) is 18.5 Å². The Bertz CT molecular complexity index is 700. The predicted molar refractivity (Wildman–Crippen MR) is 60.7 cm³/mol. The number of hydrogen-bond acceptors (Lipinski definition) is 2. The lowest BCUT2D eigenvalue weighted by atomic mass is 10.2. The van der Waals surface area contributed by atoms with Crippen molar-refractivity contribution >= 4 is 27.9 Å². The van der Waals surface area contributed by atoms with Gasteiger partial charge in [-0.2, -0.15) is 0 Å². The molecule has 0 spiro atoms. The van der Waals surface area contributed by atoms with E-state index in [2.05, 4.69) is 4.98 Å². The molecule has 4 heteroatoms. The van der Waals surface area contributed by atoms with Crippen molar-refractivity contribution in [2.75, 3.05) is 0 Å². The quantitative estimate of drug-likeness (QED) is 0.623. The van der Waals surface area contributed by atoms with Crippen LogP contribution in [-0.4, -0.2) is 20.8 Å². The van der Waals surface area contributed by atoms with Gasteiger partial charge in [0.25, 0.3) is 0 Å². The van der Waals surface area contributed by atoms with Crippen LogP contribution in [0.1, 0.15) is 0 Å². The Morgan fingerprint density at radius 3 is 2.88 bits per heavy atom. The van der Waals surface area contributed by atoms with E-state index in [4.69, 9.17) is 5.11 Å². The van der Waals surface area contributed by atoms with Crippen molar-refractivity contribution in [1.29, 1.82) is 0 Å². The predicted octanol–water partition coefficient (Wildman–Crippen LogP) is 2.72. The molecule has 16 heavy (non-hydrogen) atoms. The molecule has 0 saturated heterocycles. The van der Waals surface area contributed by atoms with Gasteiger partial charge in [0, 0.05) is 23.2 Å². The molecule has 4 nitrogen and oxygen atoms in total. The van der Waals surface area contributed by atoms with Gasteiger partial charge in [0.2, 0.25) is 0 Å². The van der Waals surface area contributed by atoms with Gasteiger partial charge in [-0.3, -0.25) is 9.55 Å². The van der Waals surface area contributed by atoms with Crippen molar-refractivity contribution in [2.45, 2.75) is 0 Å². The highest BCUT2D eigenvalue weighted by Crippen LogP contribution is 2.23. The monoisotopic (exact) mass is 212 g/mol. The molecule has 1 aromatic carbocycles. The van der Waals surface area contributed by atoms with Crippen LogP contribution in [0.4, 0.5) is 4.79 Å². The number of para-hydroxylation sites is 1. The lowest BCUT2D eigenvalue weighted by molar-refractivity contribution is 0.197. The fourth-order valence-electron chi connectivity index (χ4n) is 1.92. The summed E-state index contributed by atoms with van der Waals surface area (Å²) in [4.78, 5) is 15.3. The third-order valence-corrected chi connectivity index (χ3v) is 2.63. The topological polar surface area (TPSA) is 55.1 Å². The molecule has 2 heterocycles. The first-order valence-corrected chi connectivity index (χ1v) is 4.85. The zero-order chi connectivity index (χ0) is 11.1. The third kappa shape index (κ3) is 1.10. The summed E-state index contributed by atoms with van der Waals surface area (Å²) in [6.45, 7) is 0. The maximum atomic E-state index is 11.1. The van der Waals surface area contributed by atoms with Crippen LogP contribution in [0.25, 0.3) is 21.8 Å². The highest BCUT2D eigenvalue weighted by molar-refractivity contribution is 6.06. The van der Waals surface area contributed by atoms with Crippen molar-refractivity contribution in [2.24, 2.45) is 0 Å². The third-order valence-electron chi connectivity index (χ3n) is 2.63. The minimum absolute atomic E-state index is 0.693. The smallest absolute Gasteiger partial charge is 0.416 e. The average Bonchev–Trinajstić information content (AvgIpc) is 2.73. The van der Waals surface area contributed by atoms with Crippen molar-refractivity contribution in [1.82, 2.24) is 9.55 Å². The summed E-state index contributed by atoms with van der Waals surface area (Å²) in [5, 5.41) is 10.8. The molecule has 0 atom stereocenters. The van der Waals surface area contributed by atoms with E-state index in [1.165, 1.54) is 4.57 Å². The van der Waals surface area contributed by atoms with Crippen molar-refractivity contribution < 1.29 is 9.90 Å². The highest BCUT2D eigenvalue weighted by Gasteiger charge is 2.10. The molecule has 3 aromatic rings. The van der Waals surface area contributed by atoms with Crippen LogP contribution in [0.2, 0.25) is 0 Å². The van der Waals surface area contributed by atoms with E-state index in [1.807, 2.05) is 24.3 Å². The molecule has 78 valence electrons. The van der Waals surface area contributed by atoms with Gasteiger partial charge < -0.3 is 5.11 Å². The zero-order valence-corrected chi connectivity index (χ0v) is 8.29. The van der Waals surface area contributed by atoms with Crippen molar-refractivity contribution in [3.63, 3.8) is 0 Å². The molecule has 0 saturated carbocycles. The number of fused-ring (bicyclic) bond motifs is 3. The van der Waals surface area contributed by atoms with Gasteiger partial charge >= 0.3 is 6.09 Å². The molecule has 0 unspecified atom stereocenters. The molecule has 2 aromatic heterocycles. The van der Waals surface area contributed by atoms with Gasteiger partial charge in [-0.15, -0.1) is 0 Å². The van der Waals surface area contributed by atoms with Crippen LogP contribution in [-0.2, 0) is 0 Å². The van der Waals surface area contributed by atoms with Gasteiger partial charge in [-0.05, 0) is 12.1 Å². The van der Waals surface area contributed by atoms with Gasteiger partial charge in [0.05, 0.1) is 11.0 Å². The van der Waals surface area contributed by atoms with E-state index in [9.17, 15) is 4.79 Å². The van der Waals surface area contributed by atoms with Crippen LogP contribution in [0, 0.1) is 0 Å². The second kappa shape index (κ2) is 3.06. The summed E-state index contributed by atoms with van der Waals surface area (Å²) >= 11 is 0. The number of nitrogens with zero attached hydrogens (tertiary/aromatic N) is 2. The lowest BCUT2D eigenvalue weighted by Crippen LogP contribution is -2.05. The summed E-state index contributed by atoms with van der Waals surface area (Å²) in [7, 11) is 0. The van der Waals surface area contributed by atoms with Crippen LogP contribution >= 0.6 is 0 Å². The summed E-state index contributed by atoms with van der Waals surface area (Å²) in [6.07, 6.45) is 2.25. The first-order valence-electron chi connectivity index (χ1n) is 4.85. The largest absolute Gasteiger partial charge is 0.464 e. The summed E-state index contributed by atoms with van der Waals surface area (Å²) in [6, 6.07) is 9.26. The molecule has 3 rings (SSSR count). The van der Waals surface area contributed by atoms with Gasteiger partial charge in [0.1, 0.15) is 0 Å². The summed E-state index contributed by atoms with van der Waals surface area (Å²) in [5.74, 6) is 0. The number of carbonyl (C=O) groups is 1. The van der Waals surface area contributed by atoms with E-state index in [0.29, 0.717) is 5.52 Å². The molecule has 0 fully saturated rings. The Labute approximate surface area is 90.8 Å². The number of carboxylic acid groups (broad SMARTS) is 1. The lowest BCUT2D eigenvalue weighted by Gasteiger charge is -2.02. The number of hydrogen-bond donors (Lipinski definition) is 1. The number of rotatable bonds is 0. The summed E-state index contributed by atoms with van der Waals surface area (Å²) in [5.41, 5.74) is 1.49. The maximum absolute atomic E-state index is 11.1. The number of benzene rings is 1. The van der Waals surface area contributed by atoms with Gasteiger partial charge in [0.15, 0.2) is 0 Å². The molecule has 1 N–H and O–H groups in total. The summed E-state index contributed by atoms with van der Waals surface area (Å²) < 4.78 is 1.22. The van der Waals surface area contributed by atoms with Gasteiger partial charge in [-0.25, -0.2) is 4.79 Å². The maximum Gasteiger partial charge on any atom is 0.416 e. The number of aromatic nitrogens is 2. The number of pyridine rings is 1. The Morgan fingerprint density at radius 2 is 2.06 bits per heavy atom. The molecule has 0 aliphatic heterocycles. The second-order valence-electron chi connectivity index (χ2n) is 3.55. The normalized spacial score (nSPS) is 11.0. The van der Waals surface area contributed by atoms with E-state index >= 15 is 0 Å². The van der Waals surface area contributed by atoms with Crippen LogP contribution in [0.3, 0.4) is 0 Å². The van der Waals surface area contributed by atoms with Crippen molar-refractivity contribution in [3.8, 4) is 0 Å². The van der Waals surface area contributed by atoms with E-state index in [-0.39, 0.29) is 0 Å². The Balaban J connectivity index is 2.56. The Morgan fingerprint density at radius 1 is 1.25 bits per heavy atom. The fraction of sp³-hybridized carbons (Fsp3) is 0. The molecule has 0 bridgehead atoms. The second-order valence-corrected chi connectivity index (χ2v) is 3.55. The van der Waals surface area contributed by atoms with Crippen molar-refractivity contribution in [3.05, 3.63) is 42.7 Å². The molecular weight excluding hydrogens is 204 g/mol. The minimum Gasteiger partial charge on any atom is -0.464 e. The highest BCUT2D eigenvalue weighted by atomic mass is 16.4. The van der Waals surface area contributed by atoms with Gasteiger partial charge in [-0.1, -0.05) is 18.2 Å². The van der Waals surface area contributed by atoms with E-state index in [0.717, 1.165) is 16.3 Å². The first kappa shape index (κ1) is 8.91. The first-order chi connectivity index (χ1) is 7.77. The molecular formula is C12H8N2O2. The molecule has 0 radical (unpaired) electrons. The average molecular weight is 212 g/mol. The molecule has 0 amide bonds. The molecule has 0 aliphatic carbocycles. The Kier molecular flexibility index (Phi) is 1.71. The minimum atomic E-state index is -0.980. The molecule has 0 aliphatic rings. The SMILES string of the molecule is O=C(O)n1ccc2cnc3ccccc3c21. The zero-order valence-electron chi connectivity index (χ0n) is 8.29. The van der Waals surface area contributed by atoms with E-state index < -0.39 is 6.09 Å². The van der Waals surface area contributed by atoms with Crippen LogP contribution < -0.4 is 0 Å². The standard InChI is InChI=1S/C12H8N2O2/c15-12(16)14-6-5-8-7-13-10-4-2-1-3-9(10)11(8)14/h1-7H,(H,15,16). The fourth-order valence-corrected chi connectivity index (χ4v) is 1.92. The van der Waals surface area contributed by atoms with Crippen LogP contribution in [0.5, 0.6) is 0 Å².